The van der Waals surface area contributed by atoms with Crippen LogP contribution in [-0.4, -0.2) is 16.0 Å². The molecule has 3 aromatic rings. The maximum atomic E-state index is 12.1. The molecule has 116 valence electrons. The average Bonchev–Trinajstić information content (AvgIpc) is 2.95. The first-order valence-corrected chi connectivity index (χ1v) is 7.18. The summed E-state index contributed by atoms with van der Waals surface area (Å²) in [6, 6.07) is 10.8. The summed E-state index contributed by atoms with van der Waals surface area (Å²) >= 11 is 6.17. The Bertz CT molecular complexity index is 876. The first-order valence-electron chi connectivity index (χ1n) is 6.80. The summed E-state index contributed by atoms with van der Waals surface area (Å²) in [5.41, 5.74) is 8.33. The van der Waals surface area contributed by atoms with E-state index in [0.717, 1.165) is 5.56 Å². The minimum atomic E-state index is -0.360. The zero-order valence-corrected chi connectivity index (χ0v) is 13.0. The van der Waals surface area contributed by atoms with E-state index in [2.05, 4.69) is 15.5 Å². The van der Waals surface area contributed by atoms with Crippen molar-refractivity contribution in [2.75, 3.05) is 11.1 Å². The van der Waals surface area contributed by atoms with E-state index in [1.165, 1.54) is 6.26 Å². The standard InChI is InChI=1S/C16H13ClN4O2/c1-9-12(8-23-21-9)16(22)20-14-7-6-11(15(18)19-14)10-4-2-3-5-13(10)17/h2-8H,1H3,(H3,18,19,20,22). The smallest absolute Gasteiger partial charge is 0.262 e. The minimum absolute atomic E-state index is 0.276. The SMILES string of the molecule is Cc1nocc1C(=O)Nc1ccc(-c2ccccc2Cl)c(N)n1. The highest BCUT2D eigenvalue weighted by Gasteiger charge is 2.14. The number of halogens is 1. The number of carbonyl (C=O) groups excluding carboxylic acids is 1. The van der Waals surface area contributed by atoms with Gasteiger partial charge >= 0.3 is 0 Å². The van der Waals surface area contributed by atoms with E-state index in [-0.39, 0.29) is 11.7 Å². The first kappa shape index (κ1) is 15.1. The molecule has 23 heavy (non-hydrogen) atoms. The maximum Gasteiger partial charge on any atom is 0.262 e. The number of pyridine rings is 1. The van der Waals surface area contributed by atoms with Crippen LogP contribution in [0.5, 0.6) is 0 Å². The van der Waals surface area contributed by atoms with Crippen LogP contribution in [0.15, 0.2) is 47.2 Å². The molecule has 1 amide bonds. The van der Waals surface area contributed by atoms with E-state index in [1.807, 2.05) is 18.2 Å². The number of rotatable bonds is 3. The molecule has 2 aromatic heterocycles. The van der Waals surface area contributed by atoms with Crippen LogP contribution in [0.3, 0.4) is 0 Å². The number of carbonyl (C=O) groups is 1. The van der Waals surface area contributed by atoms with E-state index in [1.54, 1.807) is 25.1 Å². The molecule has 0 aliphatic rings. The van der Waals surface area contributed by atoms with Gasteiger partial charge in [0.15, 0.2) is 0 Å². The molecule has 0 radical (unpaired) electrons. The van der Waals surface area contributed by atoms with Gasteiger partial charge in [0.05, 0.1) is 5.69 Å². The maximum absolute atomic E-state index is 12.1. The molecule has 6 nitrogen and oxygen atoms in total. The van der Waals surface area contributed by atoms with Crippen molar-refractivity contribution in [3.8, 4) is 11.1 Å². The third kappa shape index (κ3) is 3.02. The fourth-order valence-electron chi connectivity index (χ4n) is 2.15. The quantitative estimate of drug-likeness (QED) is 0.767. The van der Waals surface area contributed by atoms with Gasteiger partial charge in [-0.15, -0.1) is 0 Å². The summed E-state index contributed by atoms with van der Waals surface area (Å²) in [7, 11) is 0. The van der Waals surface area contributed by atoms with Gasteiger partial charge in [0, 0.05) is 16.1 Å². The molecular formula is C16H13ClN4O2. The number of hydrogen-bond donors (Lipinski definition) is 2. The van der Waals surface area contributed by atoms with Crippen LogP contribution in [0.1, 0.15) is 16.1 Å². The molecule has 0 saturated heterocycles. The van der Waals surface area contributed by atoms with Gasteiger partial charge in [0.25, 0.3) is 5.91 Å². The number of benzene rings is 1. The van der Waals surface area contributed by atoms with E-state index >= 15 is 0 Å². The normalized spacial score (nSPS) is 10.5. The summed E-state index contributed by atoms with van der Waals surface area (Å²) in [6.45, 7) is 1.68. The van der Waals surface area contributed by atoms with Gasteiger partial charge in [-0.25, -0.2) is 4.98 Å². The van der Waals surface area contributed by atoms with Gasteiger partial charge in [-0.2, -0.15) is 0 Å². The zero-order chi connectivity index (χ0) is 16.4. The van der Waals surface area contributed by atoms with Gasteiger partial charge in [-0.1, -0.05) is 35.0 Å². The van der Waals surface area contributed by atoms with Crippen molar-refractivity contribution in [3.05, 3.63) is 58.9 Å². The Morgan fingerprint density at radius 2 is 2.00 bits per heavy atom. The molecule has 0 atom stereocenters. The predicted molar refractivity (Wildman–Crippen MR) is 88.3 cm³/mol. The molecule has 0 bridgehead atoms. The number of aromatic nitrogens is 2. The lowest BCUT2D eigenvalue weighted by Gasteiger charge is -2.09. The lowest BCUT2D eigenvalue weighted by atomic mass is 10.1. The Morgan fingerprint density at radius 1 is 1.22 bits per heavy atom. The van der Waals surface area contributed by atoms with Crippen molar-refractivity contribution < 1.29 is 9.32 Å². The third-order valence-electron chi connectivity index (χ3n) is 3.32. The Labute approximate surface area is 137 Å². The highest BCUT2D eigenvalue weighted by Crippen LogP contribution is 2.31. The molecule has 0 aliphatic heterocycles. The van der Waals surface area contributed by atoms with Crippen LogP contribution in [0.25, 0.3) is 11.1 Å². The van der Waals surface area contributed by atoms with Crippen LogP contribution in [0.2, 0.25) is 5.02 Å². The topological polar surface area (TPSA) is 94.0 Å². The second kappa shape index (κ2) is 6.10. The van der Waals surface area contributed by atoms with Crippen molar-refractivity contribution in [2.24, 2.45) is 0 Å². The van der Waals surface area contributed by atoms with Gasteiger partial charge in [0.2, 0.25) is 0 Å². The van der Waals surface area contributed by atoms with Crippen molar-refractivity contribution >= 4 is 29.1 Å². The minimum Gasteiger partial charge on any atom is -0.383 e. The van der Waals surface area contributed by atoms with Gasteiger partial charge < -0.3 is 15.6 Å². The molecule has 7 heteroatoms. The monoisotopic (exact) mass is 328 g/mol. The number of anilines is 2. The number of nitrogen functional groups attached to an aromatic ring is 1. The van der Waals surface area contributed by atoms with Crippen LogP contribution >= 0.6 is 11.6 Å². The van der Waals surface area contributed by atoms with Crippen LogP contribution in [0, 0.1) is 6.92 Å². The lowest BCUT2D eigenvalue weighted by molar-refractivity contribution is 0.102. The average molecular weight is 329 g/mol. The second-order valence-electron chi connectivity index (χ2n) is 4.88. The van der Waals surface area contributed by atoms with Crippen LogP contribution in [0.4, 0.5) is 11.6 Å². The number of nitrogens with one attached hydrogen (secondary N) is 1. The van der Waals surface area contributed by atoms with Gasteiger partial charge in [0.1, 0.15) is 23.5 Å². The van der Waals surface area contributed by atoms with Crippen molar-refractivity contribution in [3.63, 3.8) is 0 Å². The van der Waals surface area contributed by atoms with E-state index in [9.17, 15) is 4.79 Å². The van der Waals surface area contributed by atoms with E-state index in [4.69, 9.17) is 21.9 Å². The van der Waals surface area contributed by atoms with Gasteiger partial charge in [-0.3, -0.25) is 4.79 Å². The zero-order valence-electron chi connectivity index (χ0n) is 12.2. The molecular weight excluding hydrogens is 316 g/mol. The summed E-state index contributed by atoms with van der Waals surface area (Å²) < 4.78 is 4.75. The Morgan fingerprint density at radius 3 is 2.65 bits per heavy atom. The summed E-state index contributed by atoms with van der Waals surface area (Å²) in [5, 5.41) is 6.90. The lowest BCUT2D eigenvalue weighted by Crippen LogP contribution is -2.14. The van der Waals surface area contributed by atoms with Crippen molar-refractivity contribution in [1.82, 2.24) is 10.1 Å². The summed E-state index contributed by atoms with van der Waals surface area (Å²) in [6.07, 6.45) is 1.28. The molecule has 2 heterocycles. The molecule has 0 spiro atoms. The van der Waals surface area contributed by atoms with E-state index in [0.29, 0.717) is 27.7 Å². The number of hydrogen-bond acceptors (Lipinski definition) is 5. The fraction of sp³-hybridized carbons (Fsp3) is 0.0625. The molecule has 0 unspecified atom stereocenters. The van der Waals surface area contributed by atoms with E-state index < -0.39 is 0 Å². The van der Waals surface area contributed by atoms with Crippen molar-refractivity contribution in [2.45, 2.75) is 6.92 Å². The Hall–Kier alpha value is -2.86. The largest absolute Gasteiger partial charge is 0.383 e. The molecule has 0 saturated carbocycles. The highest BCUT2D eigenvalue weighted by atomic mass is 35.5. The molecule has 0 aliphatic carbocycles. The fourth-order valence-corrected chi connectivity index (χ4v) is 2.38. The Kier molecular flexibility index (Phi) is 3.99. The number of nitrogens with two attached hydrogens (primary N) is 1. The highest BCUT2D eigenvalue weighted by molar-refractivity contribution is 6.33. The molecule has 0 fully saturated rings. The molecule has 1 aromatic carbocycles. The molecule has 3 N–H and O–H groups in total. The number of aryl methyl sites for hydroxylation is 1. The van der Waals surface area contributed by atoms with Crippen LogP contribution in [-0.2, 0) is 0 Å². The number of nitrogens with zero attached hydrogens (tertiary/aromatic N) is 2. The van der Waals surface area contributed by atoms with Gasteiger partial charge in [-0.05, 0) is 25.1 Å². The number of amides is 1. The van der Waals surface area contributed by atoms with Crippen LogP contribution < -0.4 is 11.1 Å². The third-order valence-corrected chi connectivity index (χ3v) is 3.65. The Balaban J connectivity index is 1.87. The first-order chi connectivity index (χ1) is 11.1. The summed E-state index contributed by atoms with van der Waals surface area (Å²) in [4.78, 5) is 16.3. The molecule has 3 rings (SSSR count). The predicted octanol–water partition coefficient (Wildman–Crippen LogP) is 3.53. The second-order valence-corrected chi connectivity index (χ2v) is 5.28. The van der Waals surface area contributed by atoms with Crippen molar-refractivity contribution in [1.29, 1.82) is 0 Å². The summed E-state index contributed by atoms with van der Waals surface area (Å²) in [5.74, 6) is 0.253.